The van der Waals surface area contributed by atoms with Crippen LogP contribution in [0.2, 0.25) is 0 Å². The summed E-state index contributed by atoms with van der Waals surface area (Å²) in [6.45, 7) is 0. The number of thioether (sulfide) groups is 1. The van der Waals surface area contributed by atoms with E-state index in [0.717, 1.165) is 23.4 Å². The molecule has 0 aromatic carbocycles. The van der Waals surface area contributed by atoms with Gasteiger partial charge in [0.1, 0.15) is 0 Å². The summed E-state index contributed by atoms with van der Waals surface area (Å²) < 4.78 is 1.75. The van der Waals surface area contributed by atoms with Gasteiger partial charge < -0.3 is 0 Å². The molecule has 0 saturated carbocycles. The maximum absolute atomic E-state index is 4.28. The van der Waals surface area contributed by atoms with Gasteiger partial charge in [-0.2, -0.15) is 16.9 Å². The first kappa shape index (κ1) is 10.4. The summed E-state index contributed by atoms with van der Waals surface area (Å²) in [5.74, 6) is 8.62. The summed E-state index contributed by atoms with van der Waals surface area (Å²) in [7, 11) is 0. The van der Waals surface area contributed by atoms with Gasteiger partial charge in [0, 0.05) is 29.8 Å². The lowest BCUT2D eigenvalue weighted by Crippen LogP contribution is -1.94. The summed E-state index contributed by atoms with van der Waals surface area (Å²) in [4.78, 5) is 4.28. The van der Waals surface area contributed by atoms with Gasteiger partial charge in [-0.3, -0.25) is 0 Å². The van der Waals surface area contributed by atoms with Crippen LogP contribution in [-0.2, 0) is 0 Å². The molecule has 0 spiro atoms. The first-order valence-electron chi connectivity index (χ1n) is 5.50. The minimum atomic E-state index is 0.851. The molecule has 3 nitrogen and oxygen atoms in total. The lowest BCUT2D eigenvalue weighted by atomic mass is 10.2. The van der Waals surface area contributed by atoms with Gasteiger partial charge in [-0.15, -0.1) is 0 Å². The van der Waals surface area contributed by atoms with Crippen LogP contribution in [-0.4, -0.2) is 26.1 Å². The molecule has 0 N–H and O–H groups in total. The van der Waals surface area contributed by atoms with E-state index in [-0.39, 0.29) is 0 Å². The SMILES string of the molecule is C(#Cc1cnc2ccnn2c1)C1=CCSCC1. The Kier molecular flexibility index (Phi) is 2.85. The van der Waals surface area contributed by atoms with Crippen LogP contribution in [0.1, 0.15) is 12.0 Å². The topological polar surface area (TPSA) is 30.2 Å². The highest BCUT2D eigenvalue weighted by Gasteiger charge is 2.00. The molecule has 0 radical (unpaired) electrons. The van der Waals surface area contributed by atoms with E-state index in [1.807, 2.05) is 24.0 Å². The predicted octanol–water partition coefficient (Wildman–Crippen LogP) is 2.14. The highest BCUT2D eigenvalue weighted by atomic mass is 32.2. The summed E-state index contributed by atoms with van der Waals surface area (Å²) in [6, 6.07) is 1.87. The van der Waals surface area contributed by atoms with Crippen LogP contribution in [0.4, 0.5) is 0 Å². The minimum Gasteiger partial charge on any atom is -0.236 e. The van der Waals surface area contributed by atoms with E-state index < -0.39 is 0 Å². The van der Waals surface area contributed by atoms with Gasteiger partial charge >= 0.3 is 0 Å². The van der Waals surface area contributed by atoms with E-state index in [4.69, 9.17) is 0 Å². The zero-order valence-corrected chi connectivity index (χ0v) is 10.1. The minimum absolute atomic E-state index is 0.851. The van der Waals surface area contributed by atoms with Gasteiger partial charge in [-0.25, -0.2) is 9.50 Å². The Labute approximate surface area is 104 Å². The average Bonchev–Trinajstić information content (AvgIpc) is 2.85. The monoisotopic (exact) mass is 241 g/mol. The van der Waals surface area contributed by atoms with Gasteiger partial charge in [0.05, 0.1) is 11.8 Å². The molecule has 2 aromatic heterocycles. The van der Waals surface area contributed by atoms with E-state index in [1.54, 1.807) is 16.9 Å². The molecule has 0 aliphatic carbocycles. The summed E-state index contributed by atoms with van der Waals surface area (Å²) in [6.07, 6.45) is 8.73. The zero-order chi connectivity index (χ0) is 11.5. The summed E-state index contributed by atoms with van der Waals surface area (Å²) in [5.41, 5.74) is 2.99. The third kappa shape index (κ3) is 2.34. The molecule has 0 bridgehead atoms. The molecule has 1 aliphatic heterocycles. The lowest BCUT2D eigenvalue weighted by Gasteiger charge is -2.05. The Balaban J connectivity index is 1.89. The van der Waals surface area contributed by atoms with Gasteiger partial charge in [-0.1, -0.05) is 17.9 Å². The smallest absolute Gasteiger partial charge is 0.154 e. The van der Waals surface area contributed by atoms with E-state index in [1.165, 1.54) is 11.3 Å². The van der Waals surface area contributed by atoms with Crippen LogP contribution in [0.15, 0.2) is 36.3 Å². The Hall–Kier alpha value is -1.73. The van der Waals surface area contributed by atoms with E-state index in [9.17, 15) is 0 Å². The number of hydrogen-bond donors (Lipinski definition) is 0. The Morgan fingerprint density at radius 2 is 2.35 bits per heavy atom. The maximum Gasteiger partial charge on any atom is 0.154 e. The van der Waals surface area contributed by atoms with E-state index in [0.29, 0.717) is 0 Å². The van der Waals surface area contributed by atoms with Crippen molar-refractivity contribution >= 4 is 17.4 Å². The summed E-state index contributed by atoms with van der Waals surface area (Å²) >= 11 is 1.95. The fourth-order valence-corrected chi connectivity index (χ4v) is 2.52. The van der Waals surface area contributed by atoms with Crippen LogP contribution in [0.25, 0.3) is 5.65 Å². The number of hydrogen-bond acceptors (Lipinski definition) is 3. The van der Waals surface area contributed by atoms with Gasteiger partial charge in [-0.05, 0) is 12.2 Å². The molecule has 0 saturated heterocycles. The normalized spacial score (nSPS) is 15.2. The van der Waals surface area contributed by atoms with Crippen molar-refractivity contribution in [1.82, 2.24) is 14.6 Å². The maximum atomic E-state index is 4.28. The Bertz CT molecular complexity index is 631. The molecule has 1 aliphatic rings. The molecule has 17 heavy (non-hydrogen) atoms. The highest BCUT2D eigenvalue weighted by molar-refractivity contribution is 7.99. The molecule has 0 unspecified atom stereocenters. The van der Waals surface area contributed by atoms with Crippen LogP contribution < -0.4 is 0 Å². The van der Waals surface area contributed by atoms with Crippen molar-refractivity contribution < 1.29 is 0 Å². The number of fused-ring (bicyclic) bond motifs is 1. The number of allylic oxidation sites excluding steroid dienone is 1. The van der Waals surface area contributed by atoms with Crippen molar-refractivity contribution in [3.8, 4) is 11.8 Å². The number of nitrogens with zero attached hydrogens (tertiary/aromatic N) is 3. The highest BCUT2D eigenvalue weighted by Crippen LogP contribution is 2.15. The van der Waals surface area contributed by atoms with Gasteiger partial charge in [0.2, 0.25) is 0 Å². The standard InChI is InChI=1S/C13H11N3S/c1(11-4-7-17-8-5-11)2-12-9-14-13-3-6-15-16(13)10-12/h3-4,6,9-10H,5,7-8H2. The quantitative estimate of drug-likeness (QED) is 0.662. The second kappa shape index (κ2) is 4.64. The van der Waals surface area contributed by atoms with Crippen LogP contribution in [0, 0.1) is 11.8 Å². The largest absolute Gasteiger partial charge is 0.236 e. The van der Waals surface area contributed by atoms with Crippen LogP contribution in [0.5, 0.6) is 0 Å². The zero-order valence-electron chi connectivity index (χ0n) is 9.26. The molecule has 0 atom stereocenters. The first-order chi connectivity index (χ1) is 8.42. The molecular weight excluding hydrogens is 230 g/mol. The van der Waals surface area contributed by atoms with Crippen molar-refractivity contribution in [1.29, 1.82) is 0 Å². The molecule has 3 heterocycles. The molecule has 0 amide bonds. The van der Waals surface area contributed by atoms with Crippen LogP contribution >= 0.6 is 11.8 Å². The molecule has 3 rings (SSSR count). The van der Waals surface area contributed by atoms with Crippen LogP contribution in [0.3, 0.4) is 0 Å². The first-order valence-corrected chi connectivity index (χ1v) is 6.65. The third-order valence-electron chi connectivity index (χ3n) is 2.58. The van der Waals surface area contributed by atoms with E-state index in [2.05, 4.69) is 28.0 Å². The summed E-state index contributed by atoms with van der Waals surface area (Å²) in [5, 5.41) is 4.14. The average molecular weight is 241 g/mol. The van der Waals surface area contributed by atoms with E-state index >= 15 is 0 Å². The Morgan fingerprint density at radius 3 is 3.24 bits per heavy atom. The second-order valence-electron chi connectivity index (χ2n) is 3.78. The molecule has 0 fully saturated rings. The third-order valence-corrected chi connectivity index (χ3v) is 3.47. The fraction of sp³-hybridized carbons (Fsp3) is 0.231. The van der Waals surface area contributed by atoms with Crippen molar-refractivity contribution in [2.45, 2.75) is 6.42 Å². The second-order valence-corrected chi connectivity index (χ2v) is 4.93. The number of rotatable bonds is 0. The van der Waals surface area contributed by atoms with Crippen molar-refractivity contribution in [2.75, 3.05) is 11.5 Å². The molecule has 2 aromatic rings. The van der Waals surface area contributed by atoms with Crippen molar-refractivity contribution in [3.05, 3.63) is 41.9 Å². The van der Waals surface area contributed by atoms with Gasteiger partial charge in [0.25, 0.3) is 0 Å². The predicted molar refractivity (Wildman–Crippen MR) is 69.9 cm³/mol. The lowest BCUT2D eigenvalue weighted by molar-refractivity contribution is 0.935. The van der Waals surface area contributed by atoms with Crippen molar-refractivity contribution in [2.24, 2.45) is 0 Å². The fourth-order valence-electron chi connectivity index (χ4n) is 1.67. The Morgan fingerprint density at radius 1 is 1.35 bits per heavy atom. The molecular formula is C13H11N3S. The molecule has 4 heteroatoms. The van der Waals surface area contributed by atoms with Crippen molar-refractivity contribution in [3.63, 3.8) is 0 Å². The number of aromatic nitrogens is 3. The molecule has 84 valence electrons. The van der Waals surface area contributed by atoms with Gasteiger partial charge in [0.15, 0.2) is 5.65 Å².